The highest BCUT2D eigenvalue weighted by Crippen LogP contribution is 2.29. The number of aliphatic hydroxyl groups is 1. The molecule has 1 aromatic carbocycles. The second kappa shape index (κ2) is 6.97. The van der Waals surface area contributed by atoms with Crippen molar-refractivity contribution in [3.63, 3.8) is 0 Å². The minimum absolute atomic E-state index is 0.425. The van der Waals surface area contributed by atoms with E-state index in [-0.39, 0.29) is 0 Å². The van der Waals surface area contributed by atoms with Crippen LogP contribution < -0.4 is 0 Å². The third-order valence-electron chi connectivity index (χ3n) is 4.05. The van der Waals surface area contributed by atoms with Crippen molar-refractivity contribution in [1.82, 2.24) is 9.88 Å². The second-order valence-corrected chi connectivity index (χ2v) is 6.66. The summed E-state index contributed by atoms with van der Waals surface area (Å²) in [6.07, 6.45) is 3.81. The first kappa shape index (κ1) is 15.8. The third-order valence-corrected chi connectivity index (χ3v) is 4.79. The Hall–Kier alpha value is -1.13. The lowest BCUT2D eigenvalue weighted by Crippen LogP contribution is -2.46. The minimum Gasteiger partial charge on any atom is -0.388 e. The van der Waals surface area contributed by atoms with Gasteiger partial charge in [-0.3, -0.25) is 9.88 Å². The van der Waals surface area contributed by atoms with Crippen LogP contribution in [0.25, 0.3) is 0 Å². The molecule has 3 nitrogen and oxygen atoms in total. The van der Waals surface area contributed by atoms with Crippen molar-refractivity contribution < 1.29 is 5.11 Å². The molecule has 1 fully saturated rings. The zero-order valence-corrected chi connectivity index (χ0v) is 13.6. The number of hydrogen-bond acceptors (Lipinski definition) is 3. The predicted molar refractivity (Wildman–Crippen MR) is 89.0 cm³/mol. The quantitative estimate of drug-likeness (QED) is 0.898. The molecule has 5 heteroatoms. The molecular formula is C17H18Cl2N2O. The number of benzene rings is 1. The van der Waals surface area contributed by atoms with Crippen LogP contribution in [-0.4, -0.2) is 28.1 Å². The molecule has 0 saturated carbocycles. The van der Waals surface area contributed by atoms with Crippen LogP contribution in [0.5, 0.6) is 0 Å². The molecule has 3 rings (SSSR count). The van der Waals surface area contributed by atoms with Crippen LogP contribution in [0.15, 0.2) is 42.7 Å². The Kier molecular flexibility index (Phi) is 4.99. The summed E-state index contributed by atoms with van der Waals surface area (Å²) < 4.78 is 0. The Morgan fingerprint density at radius 1 is 1.23 bits per heavy atom. The van der Waals surface area contributed by atoms with Gasteiger partial charge in [-0.05, 0) is 41.7 Å². The van der Waals surface area contributed by atoms with E-state index < -0.39 is 6.10 Å². The molecule has 2 heterocycles. The van der Waals surface area contributed by atoms with Gasteiger partial charge in [-0.15, -0.1) is 0 Å². The highest BCUT2D eigenvalue weighted by atomic mass is 35.5. The standard InChI is InChI=1S/C17H18Cl2N2O/c18-15-4-3-12(6-16(15)19)9-21-10-13(11-21)7-17(22)14-2-1-5-20-8-14/h1-6,8,13,17,22H,7,9-11H2. The molecule has 1 atom stereocenters. The average Bonchev–Trinajstić information content (AvgIpc) is 2.49. The summed E-state index contributed by atoms with van der Waals surface area (Å²) in [6, 6.07) is 9.54. The topological polar surface area (TPSA) is 36.4 Å². The first-order chi connectivity index (χ1) is 10.6. The Balaban J connectivity index is 1.47. The lowest BCUT2D eigenvalue weighted by molar-refractivity contribution is 0.0439. The fourth-order valence-corrected chi connectivity index (χ4v) is 3.20. The van der Waals surface area contributed by atoms with Crippen molar-refractivity contribution in [1.29, 1.82) is 0 Å². The van der Waals surface area contributed by atoms with Crippen LogP contribution in [0.2, 0.25) is 10.0 Å². The van der Waals surface area contributed by atoms with E-state index in [0.717, 1.165) is 31.6 Å². The maximum absolute atomic E-state index is 10.2. The maximum Gasteiger partial charge on any atom is 0.0808 e. The van der Waals surface area contributed by atoms with Crippen LogP contribution in [-0.2, 0) is 6.54 Å². The predicted octanol–water partition coefficient (Wildman–Crippen LogP) is 3.94. The Morgan fingerprint density at radius 3 is 2.73 bits per heavy atom. The number of halogens is 2. The maximum atomic E-state index is 10.2. The number of pyridine rings is 1. The Labute approximate surface area is 140 Å². The highest BCUT2D eigenvalue weighted by molar-refractivity contribution is 6.42. The number of nitrogens with zero attached hydrogens (tertiary/aromatic N) is 2. The second-order valence-electron chi connectivity index (χ2n) is 5.85. The van der Waals surface area contributed by atoms with E-state index in [1.807, 2.05) is 30.3 Å². The van der Waals surface area contributed by atoms with Gasteiger partial charge in [0.2, 0.25) is 0 Å². The van der Waals surface area contributed by atoms with E-state index in [1.54, 1.807) is 12.4 Å². The van der Waals surface area contributed by atoms with E-state index in [4.69, 9.17) is 23.2 Å². The smallest absolute Gasteiger partial charge is 0.0808 e. The first-order valence-electron chi connectivity index (χ1n) is 7.36. The van der Waals surface area contributed by atoms with Gasteiger partial charge < -0.3 is 5.11 Å². The molecule has 1 aliphatic rings. The lowest BCUT2D eigenvalue weighted by Gasteiger charge is -2.40. The zero-order chi connectivity index (χ0) is 15.5. The Bertz CT molecular complexity index is 630. The van der Waals surface area contributed by atoms with Crippen LogP contribution in [0.4, 0.5) is 0 Å². The number of aliphatic hydroxyl groups excluding tert-OH is 1. The molecule has 1 N–H and O–H groups in total. The van der Waals surface area contributed by atoms with Crippen LogP contribution in [0, 0.1) is 5.92 Å². The average molecular weight is 337 g/mol. The summed E-state index contributed by atoms with van der Waals surface area (Å²) in [5.74, 6) is 0.526. The Morgan fingerprint density at radius 2 is 2.05 bits per heavy atom. The van der Waals surface area contributed by atoms with Crippen molar-refractivity contribution in [3.05, 3.63) is 63.9 Å². The van der Waals surface area contributed by atoms with Crippen LogP contribution in [0.1, 0.15) is 23.7 Å². The van der Waals surface area contributed by atoms with Crippen molar-refractivity contribution in [3.8, 4) is 0 Å². The van der Waals surface area contributed by atoms with Crippen molar-refractivity contribution in [2.45, 2.75) is 19.1 Å². The van der Waals surface area contributed by atoms with E-state index in [2.05, 4.69) is 9.88 Å². The molecule has 116 valence electrons. The van der Waals surface area contributed by atoms with Gasteiger partial charge in [0.15, 0.2) is 0 Å². The highest BCUT2D eigenvalue weighted by Gasteiger charge is 2.28. The normalized spacial score (nSPS) is 17.2. The third kappa shape index (κ3) is 3.79. The molecule has 2 aromatic rings. The van der Waals surface area contributed by atoms with Gasteiger partial charge in [-0.25, -0.2) is 0 Å². The number of rotatable bonds is 5. The number of likely N-dealkylation sites (tertiary alicyclic amines) is 1. The van der Waals surface area contributed by atoms with E-state index in [9.17, 15) is 5.11 Å². The number of hydrogen-bond donors (Lipinski definition) is 1. The van der Waals surface area contributed by atoms with Gasteiger partial charge in [0, 0.05) is 32.0 Å². The SMILES string of the molecule is OC(CC1CN(Cc2ccc(Cl)c(Cl)c2)C1)c1cccnc1. The zero-order valence-electron chi connectivity index (χ0n) is 12.1. The summed E-state index contributed by atoms with van der Waals surface area (Å²) in [4.78, 5) is 6.40. The molecule has 0 aliphatic carbocycles. The van der Waals surface area contributed by atoms with Gasteiger partial charge in [0.05, 0.1) is 16.1 Å². The molecule has 0 amide bonds. The molecule has 0 spiro atoms. The summed E-state index contributed by atoms with van der Waals surface area (Å²) in [5.41, 5.74) is 2.06. The van der Waals surface area contributed by atoms with Gasteiger partial charge in [0.25, 0.3) is 0 Å². The molecule has 1 aliphatic heterocycles. The van der Waals surface area contributed by atoms with Gasteiger partial charge >= 0.3 is 0 Å². The fraction of sp³-hybridized carbons (Fsp3) is 0.353. The van der Waals surface area contributed by atoms with E-state index in [1.165, 1.54) is 5.56 Å². The molecule has 0 bridgehead atoms. The fourth-order valence-electron chi connectivity index (χ4n) is 2.88. The number of aromatic nitrogens is 1. The summed E-state index contributed by atoms with van der Waals surface area (Å²) in [6.45, 7) is 2.87. The van der Waals surface area contributed by atoms with Crippen molar-refractivity contribution in [2.24, 2.45) is 5.92 Å². The molecule has 1 unspecified atom stereocenters. The summed E-state index contributed by atoms with van der Waals surface area (Å²) in [7, 11) is 0. The van der Waals surface area contributed by atoms with Crippen LogP contribution >= 0.6 is 23.2 Å². The van der Waals surface area contributed by atoms with Crippen molar-refractivity contribution in [2.75, 3.05) is 13.1 Å². The molecule has 22 heavy (non-hydrogen) atoms. The molecule has 0 radical (unpaired) electrons. The molecule has 1 aromatic heterocycles. The van der Waals surface area contributed by atoms with E-state index >= 15 is 0 Å². The van der Waals surface area contributed by atoms with Crippen LogP contribution in [0.3, 0.4) is 0 Å². The van der Waals surface area contributed by atoms with Gasteiger partial charge in [-0.2, -0.15) is 0 Å². The first-order valence-corrected chi connectivity index (χ1v) is 8.11. The van der Waals surface area contributed by atoms with Gasteiger partial charge in [0.1, 0.15) is 0 Å². The van der Waals surface area contributed by atoms with E-state index in [0.29, 0.717) is 16.0 Å². The molecule has 1 saturated heterocycles. The van der Waals surface area contributed by atoms with Gasteiger partial charge in [-0.1, -0.05) is 35.3 Å². The largest absolute Gasteiger partial charge is 0.388 e. The lowest BCUT2D eigenvalue weighted by atomic mass is 9.91. The van der Waals surface area contributed by atoms with Crippen molar-refractivity contribution >= 4 is 23.2 Å². The monoisotopic (exact) mass is 336 g/mol. The minimum atomic E-state index is -0.425. The summed E-state index contributed by atoms with van der Waals surface area (Å²) in [5, 5.41) is 11.4. The molecular weight excluding hydrogens is 319 g/mol. The summed E-state index contributed by atoms with van der Waals surface area (Å²) >= 11 is 12.0.